The molecular formula is C17H24N2O4. The zero-order chi connectivity index (χ0) is 16.7. The molecule has 6 nitrogen and oxygen atoms in total. The minimum absolute atomic E-state index is 0.0255. The van der Waals surface area contributed by atoms with Gasteiger partial charge in [0.05, 0.1) is 0 Å². The number of benzene rings is 1. The van der Waals surface area contributed by atoms with E-state index in [0.29, 0.717) is 44.2 Å². The van der Waals surface area contributed by atoms with E-state index in [1.807, 2.05) is 13.0 Å². The molecule has 0 atom stereocenters. The second-order valence-electron chi connectivity index (χ2n) is 5.45. The molecule has 0 aromatic heterocycles. The fraction of sp³-hybridized carbons (Fsp3) is 0.529. The average molecular weight is 320 g/mol. The molecule has 1 heterocycles. The molecule has 1 aromatic carbocycles. The summed E-state index contributed by atoms with van der Waals surface area (Å²) in [6.45, 7) is 5.45. The Balaban J connectivity index is 1.96. The maximum Gasteiger partial charge on any atom is 0.223 e. The number of carbonyl (C=O) groups is 2. The van der Waals surface area contributed by atoms with Gasteiger partial charge < -0.3 is 19.7 Å². The van der Waals surface area contributed by atoms with Gasteiger partial charge in [-0.25, -0.2) is 0 Å². The van der Waals surface area contributed by atoms with Gasteiger partial charge in [-0.3, -0.25) is 9.59 Å². The van der Waals surface area contributed by atoms with Crippen LogP contribution in [0.15, 0.2) is 18.2 Å². The number of carbonyl (C=O) groups excluding carboxylic acids is 2. The Hall–Kier alpha value is -2.24. The molecule has 0 spiro atoms. The largest absolute Gasteiger partial charge is 0.486 e. The molecule has 1 aliphatic heterocycles. The van der Waals surface area contributed by atoms with Gasteiger partial charge in [0.1, 0.15) is 13.2 Å². The van der Waals surface area contributed by atoms with Crippen molar-refractivity contribution in [3.05, 3.63) is 18.2 Å². The minimum atomic E-state index is -0.0792. The van der Waals surface area contributed by atoms with Crippen molar-refractivity contribution in [3.63, 3.8) is 0 Å². The third-order valence-corrected chi connectivity index (χ3v) is 3.63. The Labute approximate surface area is 136 Å². The SMILES string of the molecule is CCCCC(=O)NCCN(C(C)=O)c1ccc2c(c1)OCCO2. The van der Waals surface area contributed by atoms with Crippen molar-refractivity contribution in [1.29, 1.82) is 0 Å². The van der Waals surface area contributed by atoms with E-state index in [0.717, 1.165) is 18.5 Å². The minimum Gasteiger partial charge on any atom is -0.486 e. The number of hydrogen-bond acceptors (Lipinski definition) is 4. The Kier molecular flexibility index (Phi) is 6.26. The lowest BCUT2D eigenvalue weighted by atomic mass is 10.2. The lowest BCUT2D eigenvalue weighted by Gasteiger charge is -2.24. The third-order valence-electron chi connectivity index (χ3n) is 3.63. The molecule has 0 bridgehead atoms. The van der Waals surface area contributed by atoms with Crippen LogP contribution in [-0.2, 0) is 9.59 Å². The summed E-state index contributed by atoms with van der Waals surface area (Å²) in [6, 6.07) is 5.43. The number of anilines is 1. The summed E-state index contributed by atoms with van der Waals surface area (Å²) in [5.41, 5.74) is 0.740. The van der Waals surface area contributed by atoms with Crippen LogP contribution in [0.1, 0.15) is 33.1 Å². The average Bonchev–Trinajstić information content (AvgIpc) is 2.56. The third kappa shape index (κ3) is 4.87. The van der Waals surface area contributed by atoms with Gasteiger partial charge >= 0.3 is 0 Å². The lowest BCUT2D eigenvalue weighted by Crippen LogP contribution is -2.37. The van der Waals surface area contributed by atoms with Crippen molar-refractivity contribution in [2.24, 2.45) is 0 Å². The molecule has 126 valence electrons. The summed E-state index contributed by atoms with van der Waals surface area (Å²) in [5, 5.41) is 2.85. The van der Waals surface area contributed by atoms with Crippen LogP contribution in [0.3, 0.4) is 0 Å². The number of ether oxygens (including phenoxy) is 2. The first-order valence-corrected chi connectivity index (χ1v) is 8.06. The van der Waals surface area contributed by atoms with Gasteiger partial charge in [0.2, 0.25) is 11.8 Å². The summed E-state index contributed by atoms with van der Waals surface area (Å²) in [5.74, 6) is 1.28. The lowest BCUT2D eigenvalue weighted by molar-refractivity contribution is -0.121. The molecule has 1 aromatic rings. The van der Waals surface area contributed by atoms with Crippen molar-refractivity contribution < 1.29 is 19.1 Å². The fourth-order valence-electron chi connectivity index (χ4n) is 2.40. The Morgan fingerprint density at radius 1 is 1.22 bits per heavy atom. The maximum absolute atomic E-state index is 11.9. The maximum atomic E-state index is 11.9. The highest BCUT2D eigenvalue weighted by molar-refractivity contribution is 5.92. The van der Waals surface area contributed by atoms with E-state index in [-0.39, 0.29) is 11.8 Å². The van der Waals surface area contributed by atoms with E-state index >= 15 is 0 Å². The molecule has 0 radical (unpaired) electrons. The van der Waals surface area contributed by atoms with Crippen molar-refractivity contribution in [1.82, 2.24) is 5.32 Å². The quantitative estimate of drug-likeness (QED) is 0.835. The van der Waals surface area contributed by atoms with Crippen molar-refractivity contribution in [2.45, 2.75) is 33.1 Å². The van der Waals surface area contributed by atoms with Crippen molar-refractivity contribution >= 4 is 17.5 Å². The number of unbranched alkanes of at least 4 members (excludes halogenated alkanes) is 1. The predicted octanol–water partition coefficient (Wildman–Crippen LogP) is 2.12. The smallest absolute Gasteiger partial charge is 0.223 e. The molecule has 23 heavy (non-hydrogen) atoms. The summed E-state index contributed by atoms with van der Waals surface area (Å²) < 4.78 is 11.0. The predicted molar refractivity (Wildman–Crippen MR) is 88.0 cm³/mol. The number of rotatable bonds is 7. The van der Waals surface area contributed by atoms with Crippen LogP contribution in [0, 0.1) is 0 Å². The van der Waals surface area contributed by atoms with Gasteiger partial charge in [-0.1, -0.05) is 13.3 Å². The highest BCUT2D eigenvalue weighted by Gasteiger charge is 2.17. The molecule has 0 saturated carbocycles. The molecule has 6 heteroatoms. The Morgan fingerprint density at radius 2 is 1.96 bits per heavy atom. The summed E-state index contributed by atoms with van der Waals surface area (Å²) in [6.07, 6.45) is 2.40. The van der Waals surface area contributed by atoms with Crippen LogP contribution < -0.4 is 19.7 Å². The van der Waals surface area contributed by atoms with Gasteiger partial charge in [0.25, 0.3) is 0 Å². The van der Waals surface area contributed by atoms with Crippen molar-refractivity contribution in [2.75, 3.05) is 31.2 Å². The van der Waals surface area contributed by atoms with Crippen LogP contribution in [0.4, 0.5) is 5.69 Å². The van der Waals surface area contributed by atoms with Crippen LogP contribution >= 0.6 is 0 Å². The fourth-order valence-corrected chi connectivity index (χ4v) is 2.40. The Bertz CT molecular complexity index is 560. The van der Waals surface area contributed by atoms with Gasteiger partial charge in [0.15, 0.2) is 11.5 Å². The van der Waals surface area contributed by atoms with Crippen molar-refractivity contribution in [3.8, 4) is 11.5 Å². The van der Waals surface area contributed by atoms with Crippen LogP contribution in [0.2, 0.25) is 0 Å². The van der Waals surface area contributed by atoms with Gasteiger partial charge in [-0.2, -0.15) is 0 Å². The standard InChI is InChI=1S/C17H24N2O4/c1-3-4-5-17(21)18-8-9-19(13(2)20)14-6-7-15-16(12-14)23-11-10-22-15/h6-7,12H,3-5,8-11H2,1-2H3,(H,18,21). The topological polar surface area (TPSA) is 67.9 Å². The van der Waals surface area contributed by atoms with Crippen LogP contribution in [-0.4, -0.2) is 38.1 Å². The van der Waals surface area contributed by atoms with E-state index < -0.39 is 0 Å². The number of nitrogens with zero attached hydrogens (tertiary/aromatic N) is 1. The molecule has 2 amide bonds. The highest BCUT2D eigenvalue weighted by Crippen LogP contribution is 2.33. The molecule has 0 aliphatic carbocycles. The van der Waals surface area contributed by atoms with E-state index in [2.05, 4.69) is 5.32 Å². The number of fused-ring (bicyclic) bond motifs is 1. The summed E-state index contributed by atoms with van der Waals surface area (Å²) in [7, 11) is 0. The first-order chi connectivity index (χ1) is 11.1. The highest BCUT2D eigenvalue weighted by atomic mass is 16.6. The van der Waals surface area contributed by atoms with E-state index in [1.54, 1.807) is 17.0 Å². The van der Waals surface area contributed by atoms with Gasteiger partial charge in [-0.05, 0) is 18.6 Å². The number of amides is 2. The first kappa shape index (κ1) is 17.1. The van der Waals surface area contributed by atoms with E-state index in [1.165, 1.54) is 6.92 Å². The number of hydrogen-bond donors (Lipinski definition) is 1. The molecule has 0 unspecified atom stereocenters. The summed E-state index contributed by atoms with van der Waals surface area (Å²) >= 11 is 0. The second kappa shape index (κ2) is 8.41. The zero-order valence-electron chi connectivity index (χ0n) is 13.8. The molecule has 2 rings (SSSR count). The summed E-state index contributed by atoms with van der Waals surface area (Å²) in [4.78, 5) is 25.2. The van der Waals surface area contributed by atoms with E-state index in [4.69, 9.17) is 9.47 Å². The van der Waals surface area contributed by atoms with E-state index in [9.17, 15) is 9.59 Å². The molecule has 0 fully saturated rings. The van der Waals surface area contributed by atoms with Crippen LogP contribution in [0.25, 0.3) is 0 Å². The molecule has 1 N–H and O–H groups in total. The molecule has 0 saturated heterocycles. The Morgan fingerprint density at radius 3 is 2.65 bits per heavy atom. The zero-order valence-corrected chi connectivity index (χ0v) is 13.8. The number of nitrogens with one attached hydrogen (secondary N) is 1. The molecular weight excluding hydrogens is 296 g/mol. The van der Waals surface area contributed by atoms with Gasteiger partial charge in [-0.15, -0.1) is 0 Å². The normalized spacial score (nSPS) is 12.6. The monoisotopic (exact) mass is 320 g/mol. The van der Waals surface area contributed by atoms with Crippen LogP contribution in [0.5, 0.6) is 11.5 Å². The first-order valence-electron chi connectivity index (χ1n) is 8.06. The van der Waals surface area contributed by atoms with Gasteiger partial charge in [0, 0.05) is 38.2 Å². The second-order valence-corrected chi connectivity index (χ2v) is 5.45. The molecule has 1 aliphatic rings.